The fourth-order valence-corrected chi connectivity index (χ4v) is 2.82. The molecular formula is C16H17BrN2O. The Morgan fingerprint density at radius 3 is 2.75 bits per heavy atom. The molecule has 3 nitrogen and oxygen atoms in total. The maximum Gasteiger partial charge on any atom is 0.122 e. The number of benzene rings is 2. The van der Waals surface area contributed by atoms with Crippen molar-refractivity contribution >= 4 is 15.9 Å². The van der Waals surface area contributed by atoms with Crippen molar-refractivity contribution in [2.45, 2.75) is 18.9 Å². The summed E-state index contributed by atoms with van der Waals surface area (Å²) in [5, 5.41) is 0. The monoisotopic (exact) mass is 332 g/mol. The fraction of sp³-hybridized carbons (Fsp3) is 0.250. The van der Waals surface area contributed by atoms with Crippen molar-refractivity contribution in [1.29, 1.82) is 0 Å². The second-order valence-corrected chi connectivity index (χ2v) is 5.93. The van der Waals surface area contributed by atoms with Crippen LogP contribution in [-0.2, 0) is 12.8 Å². The van der Waals surface area contributed by atoms with Crippen LogP contribution in [0.3, 0.4) is 0 Å². The Balaban J connectivity index is 1.81. The highest BCUT2D eigenvalue weighted by Crippen LogP contribution is 2.29. The number of ether oxygens (including phenoxy) is 1. The molecule has 0 amide bonds. The third kappa shape index (κ3) is 2.87. The number of nitrogens with one attached hydrogen (secondary N) is 1. The van der Waals surface area contributed by atoms with Crippen LogP contribution in [0.4, 0.5) is 0 Å². The second-order valence-electron chi connectivity index (χ2n) is 5.02. The van der Waals surface area contributed by atoms with Crippen LogP contribution < -0.4 is 16.0 Å². The van der Waals surface area contributed by atoms with Gasteiger partial charge in [0.2, 0.25) is 0 Å². The number of hydrazine groups is 1. The van der Waals surface area contributed by atoms with Crippen molar-refractivity contribution in [3.63, 3.8) is 0 Å². The molecule has 0 saturated heterocycles. The molecule has 0 saturated carbocycles. The van der Waals surface area contributed by atoms with Crippen molar-refractivity contribution in [3.05, 3.63) is 63.6 Å². The Hall–Kier alpha value is -1.36. The van der Waals surface area contributed by atoms with E-state index in [1.807, 2.05) is 6.07 Å². The summed E-state index contributed by atoms with van der Waals surface area (Å²) in [6.45, 7) is 0.784. The van der Waals surface area contributed by atoms with E-state index in [4.69, 9.17) is 10.6 Å². The standard InChI is InChI=1S/C16H17BrN2O/c17-14-4-1-11(2-5-14)9-15(19-18)12-3-6-16-13(10-12)7-8-20-16/h1-6,10,15,19H,7-9,18H2. The summed E-state index contributed by atoms with van der Waals surface area (Å²) in [5.74, 6) is 6.74. The van der Waals surface area contributed by atoms with Crippen LogP contribution in [0.25, 0.3) is 0 Å². The van der Waals surface area contributed by atoms with E-state index in [2.05, 4.69) is 57.8 Å². The van der Waals surface area contributed by atoms with Gasteiger partial charge in [0.15, 0.2) is 0 Å². The van der Waals surface area contributed by atoms with Crippen molar-refractivity contribution < 1.29 is 4.74 Å². The van der Waals surface area contributed by atoms with Gasteiger partial charge in [0.05, 0.1) is 6.61 Å². The highest BCUT2D eigenvalue weighted by molar-refractivity contribution is 9.10. The van der Waals surface area contributed by atoms with Crippen LogP contribution in [0.5, 0.6) is 5.75 Å². The topological polar surface area (TPSA) is 47.3 Å². The van der Waals surface area contributed by atoms with Crippen molar-refractivity contribution in [2.75, 3.05) is 6.61 Å². The number of halogens is 1. The third-order valence-corrected chi connectivity index (χ3v) is 4.20. The largest absolute Gasteiger partial charge is 0.493 e. The molecule has 0 aliphatic carbocycles. The van der Waals surface area contributed by atoms with E-state index in [0.717, 1.165) is 29.7 Å². The molecule has 1 heterocycles. The molecule has 0 spiro atoms. The molecule has 0 bridgehead atoms. The molecular weight excluding hydrogens is 316 g/mol. The summed E-state index contributed by atoms with van der Waals surface area (Å²) in [7, 11) is 0. The van der Waals surface area contributed by atoms with Gasteiger partial charge in [-0.1, -0.05) is 40.2 Å². The third-order valence-electron chi connectivity index (χ3n) is 3.67. The molecule has 0 aromatic heterocycles. The lowest BCUT2D eigenvalue weighted by Gasteiger charge is -2.17. The molecule has 1 unspecified atom stereocenters. The molecule has 3 N–H and O–H groups in total. The first-order valence-corrected chi connectivity index (χ1v) is 7.52. The molecule has 1 atom stereocenters. The van der Waals surface area contributed by atoms with Crippen LogP contribution in [-0.4, -0.2) is 6.61 Å². The summed E-state index contributed by atoms with van der Waals surface area (Å²) >= 11 is 3.45. The Morgan fingerprint density at radius 2 is 2.00 bits per heavy atom. The lowest BCUT2D eigenvalue weighted by Crippen LogP contribution is -2.29. The summed E-state index contributed by atoms with van der Waals surface area (Å²) < 4.78 is 6.63. The van der Waals surface area contributed by atoms with Crippen LogP contribution in [0, 0.1) is 0 Å². The summed E-state index contributed by atoms with van der Waals surface area (Å²) in [6, 6.07) is 14.8. The molecule has 20 heavy (non-hydrogen) atoms. The minimum absolute atomic E-state index is 0.113. The number of nitrogens with two attached hydrogens (primary N) is 1. The Labute approximate surface area is 127 Å². The van der Waals surface area contributed by atoms with Crippen molar-refractivity contribution in [2.24, 2.45) is 5.84 Å². The van der Waals surface area contributed by atoms with Crippen LogP contribution in [0.15, 0.2) is 46.9 Å². The molecule has 1 aliphatic rings. The number of hydrogen-bond donors (Lipinski definition) is 2. The minimum atomic E-state index is 0.113. The zero-order valence-electron chi connectivity index (χ0n) is 11.1. The van der Waals surface area contributed by atoms with Crippen molar-refractivity contribution in [1.82, 2.24) is 5.43 Å². The van der Waals surface area contributed by atoms with Gasteiger partial charge in [-0.2, -0.15) is 0 Å². The zero-order valence-corrected chi connectivity index (χ0v) is 12.7. The fourth-order valence-electron chi connectivity index (χ4n) is 2.55. The average molecular weight is 333 g/mol. The van der Waals surface area contributed by atoms with Gasteiger partial charge in [0.25, 0.3) is 0 Å². The number of fused-ring (bicyclic) bond motifs is 1. The van der Waals surface area contributed by atoms with E-state index in [1.165, 1.54) is 16.7 Å². The van der Waals surface area contributed by atoms with Gasteiger partial charge in [-0.3, -0.25) is 11.3 Å². The smallest absolute Gasteiger partial charge is 0.122 e. The Bertz CT molecular complexity index is 598. The first-order chi connectivity index (χ1) is 9.76. The highest BCUT2D eigenvalue weighted by atomic mass is 79.9. The zero-order chi connectivity index (χ0) is 13.9. The molecule has 2 aromatic rings. The van der Waals surface area contributed by atoms with Crippen molar-refractivity contribution in [3.8, 4) is 5.75 Å². The molecule has 2 aromatic carbocycles. The van der Waals surface area contributed by atoms with Gasteiger partial charge in [-0.05, 0) is 41.3 Å². The second kappa shape index (κ2) is 5.95. The van der Waals surface area contributed by atoms with Crippen LogP contribution in [0.2, 0.25) is 0 Å². The van der Waals surface area contributed by atoms with Gasteiger partial charge in [0.1, 0.15) is 5.75 Å². The minimum Gasteiger partial charge on any atom is -0.493 e. The lowest BCUT2D eigenvalue weighted by atomic mass is 9.97. The van der Waals surface area contributed by atoms with Gasteiger partial charge < -0.3 is 4.74 Å². The normalized spacial score (nSPS) is 14.7. The number of rotatable bonds is 4. The SMILES string of the molecule is NNC(Cc1ccc(Br)cc1)c1ccc2c(c1)CCO2. The predicted octanol–water partition coefficient (Wildman–Crippen LogP) is 3.13. The first kappa shape index (κ1) is 13.6. The predicted molar refractivity (Wildman–Crippen MR) is 83.6 cm³/mol. The summed E-state index contributed by atoms with van der Waals surface area (Å²) in [4.78, 5) is 0. The summed E-state index contributed by atoms with van der Waals surface area (Å²) in [6.07, 6.45) is 1.85. The Morgan fingerprint density at radius 1 is 1.20 bits per heavy atom. The molecule has 0 fully saturated rings. The Kier molecular flexibility index (Phi) is 4.05. The van der Waals surface area contributed by atoms with Gasteiger partial charge in [0, 0.05) is 16.9 Å². The average Bonchev–Trinajstić information content (AvgIpc) is 2.94. The number of hydrogen-bond acceptors (Lipinski definition) is 3. The maximum atomic E-state index is 5.74. The van der Waals surface area contributed by atoms with E-state index in [9.17, 15) is 0 Å². The highest BCUT2D eigenvalue weighted by Gasteiger charge is 2.16. The lowest BCUT2D eigenvalue weighted by molar-refractivity contribution is 0.356. The van der Waals surface area contributed by atoms with Gasteiger partial charge in [-0.25, -0.2) is 0 Å². The van der Waals surface area contributed by atoms with Gasteiger partial charge in [-0.15, -0.1) is 0 Å². The van der Waals surface area contributed by atoms with E-state index in [0.29, 0.717) is 0 Å². The molecule has 3 rings (SSSR count). The van der Waals surface area contributed by atoms with E-state index >= 15 is 0 Å². The van der Waals surface area contributed by atoms with E-state index < -0.39 is 0 Å². The first-order valence-electron chi connectivity index (χ1n) is 6.72. The van der Waals surface area contributed by atoms with Gasteiger partial charge >= 0.3 is 0 Å². The maximum absolute atomic E-state index is 5.74. The van der Waals surface area contributed by atoms with Crippen LogP contribution >= 0.6 is 15.9 Å². The van der Waals surface area contributed by atoms with Crippen LogP contribution in [0.1, 0.15) is 22.7 Å². The molecule has 1 aliphatic heterocycles. The molecule has 0 radical (unpaired) electrons. The van der Waals surface area contributed by atoms with E-state index in [1.54, 1.807) is 0 Å². The quantitative estimate of drug-likeness (QED) is 0.668. The summed E-state index contributed by atoms with van der Waals surface area (Å²) in [5.41, 5.74) is 6.66. The molecule has 4 heteroatoms. The van der Waals surface area contributed by atoms with E-state index in [-0.39, 0.29) is 6.04 Å². The molecule has 104 valence electrons.